The summed E-state index contributed by atoms with van der Waals surface area (Å²) in [6, 6.07) is 14.9. The van der Waals surface area contributed by atoms with Gasteiger partial charge in [-0.05, 0) is 79.2 Å². The number of unbranched alkanes of at least 4 members (excludes halogenated alkanes) is 1. The van der Waals surface area contributed by atoms with Gasteiger partial charge in [0.1, 0.15) is 7.05 Å². The van der Waals surface area contributed by atoms with Gasteiger partial charge < -0.3 is 19.0 Å². The Balaban J connectivity index is 0.00000288. The van der Waals surface area contributed by atoms with Gasteiger partial charge in [0.15, 0.2) is 5.71 Å². The Morgan fingerprint density at radius 1 is 1.00 bits per heavy atom. The average molecular weight is 688 g/mol. The van der Waals surface area contributed by atoms with Crippen LogP contribution in [0.3, 0.4) is 0 Å². The van der Waals surface area contributed by atoms with Gasteiger partial charge >= 0.3 is 0 Å². The van der Waals surface area contributed by atoms with Gasteiger partial charge in [0, 0.05) is 47.6 Å². The Kier molecular flexibility index (Phi) is 12.3. The van der Waals surface area contributed by atoms with E-state index in [1.165, 1.54) is 28.2 Å². The quantitative estimate of drug-likeness (QED) is 0.123. The number of para-hydroxylation sites is 1. The number of benzene rings is 2. The van der Waals surface area contributed by atoms with E-state index in [2.05, 4.69) is 125 Å². The highest BCUT2D eigenvalue weighted by atomic mass is 35.5. The van der Waals surface area contributed by atoms with E-state index in [1.807, 2.05) is 0 Å². The predicted octanol–water partition coefficient (Wildman–Crippen LogP) is 7.90. The van der Waals surface area contributed by atoms with Gasteiger partial charge in [-0.25, -0.2) is 4.21 Å². The second-order valence-corrected chi connectivity index (χ2v) is 13.2. The predicted molar refractivity (Wildman–Crippen MR) is 189 cm³/mol. The third-order valence-electron chi connectivity index (χ3n) is 8.39. The third-order valence-corrected chi connectivity index (χ3v) is 9.09. The monoisotopic (exact) mass is 686 g/mol. The first-order chi connectivity index (χ1) is 20.9. The van der Waals surface area contributed by atoms with Crippen LogP contribution in [0, 0.1) is 0 Å². The molecule has 0 aliphatic carbocycles. The van der Waals surface area contributed by atoms with Gasteiger partial charge in [0.25, 0.3) is 0 Å². The summed E-state index contributed by atoms with van der Waals surface area (Å²) in [7, 11) is 2.10. The molecule has 46 heavy (non-hydrogen) atoms. The van der Waals surface area contributed by atoms with E-state index in [9.17, 15) is 8.76 Å². The molecule has 1 atom stereocenters. The first kappa shape index (κ1) is 37.3. The highest BCUT2D eigenvalue weighted by molar-refractivity contribution is 7.74. The Labute approximate surface area is 285 Å². The van der Waals surface area contributed by atoms with Crippen LogP contribution in [0.4, 0.5) is 17.3 Å². The van der Waals surface area contributed by atoms with Crippen molar-refractivity contribution in [3.05, 3.63) is 93.6 Å². The van der Waals surface area contributed by atoms with Crippen molar-refractivity contribution in [2.75, 3.05) is 30.4 Å². The topological polar surface area (TPSA) is 106 Å². The van der Waals surface area contributed by atoms with Crippen molar-refractivity contribution < 1.29 is 17.5 Å². The van der Waals surface area contributed by atoms with E-state index in [4.69, 9.17) is 27.4 Å². The average Bonchev–Trinajstić information content (AvgIpc) is 3.29. The fraction of sp³-hybridized carbons (Fsp3) is 0.412. The maximum absolute atomic E-state index is 10.7. The Morgan fingerprint density at radius 3 is 2.39 bits per heavy atom. The van der Waals surface area contributed by atoms with Gasteiger partial charge in [-0.1, -0.05) is 59.0 Å². The Hall–Kier alpha value is -3.15. The number of nitrogens with zero attached hydrogens (tertiary/aromatic N) is 5. The lowest BCUT2D eigenvalue weighted by Gasteiger charge is -2.27. The van der Waals surface area contributed by atoms with Crippen LogP contribution in [0.1, 0.15) is 72.1 Å². The van der Waals surface area contributed by atoms with Gasteiger partial charge in [-0.3, -0.25) is 0 Å². The molecule has 1 aromatic heterocycles. The molecule has 2 aliphatic rings. The molecule has 1 N–H and O–H groups in total. The molecule has 0 fully saturated rings. The summed E-state index contributed by atoms with van der Waals surface area (Å²) < 4.78 is 28.4. The maximum Gasteiger partial charge on any atom is 0.228 e. The number of hydrogen-bond donors (Lipinski definition) is 1. The lowest BCUT2D eigenvalue weighted by molar-refractivity contribution is -0.401. The van der Waals surface area contributed by atoms with Crippen LogP contribution < -0.4 is 10.2 Å². The van der Waals surface area contributed by atoms with Gasteiger partial charge in [0.05, 0.1) is 23.4 Å². The molecule has 0 radical (unpaired) electrons. The Bertz CT molecular complexity index is 1670. The van der Waals surface area contributed by atoms with Crippen LogP contribution >= 0.6 is 23.2 Å². The second-order valence-electron chi connectivity index (χ2n) is 11.9. The van der Waals surface area contributed by atoms with E-state index in [0.717, 1.165) is 24.2 Å². The van der Waals surface area contributed by atoms with Crippen molar-refractivity contribution in [1.82, 2.24) is 15.0 Å². The molecular weight excluding hydrogens is 643 g/mol. The van der Waals surface area contributed by atoms with E-state index in [1.54, 1.807) is 0 Å². The van der Waals surface area contributed by atoms with Crippen LogP contribution in [0.2, 0.25) is 10.6 Å². The lowest BCUT2D eigenvalue weighted by Crippen LogP contribution is -2.28. The molecule has 2 aliphatic heterocycles. The molecule has 12 heteroatoms. The smallest absolute Gasteiger partial charge is 0.228 e. The number of anilines is 2. The van der Waals surface area contributed by atoms with Crippen LogP contribution in [-0.2, 0) is 32.9 Å². The van der Waals surface area contributed by atoms with Crippen LogP contribution in [-0.4, -0.2) is 54.2 Å². The number of fused-ring (bicyclic) bond motifs is 2. The summed E-state index contributed by atoms with van der Waals surface area (Å²) in [6.07, 6.45) is 8.02. The third kappa shape index (κ3) is 7.69. The highest BCUT2D eigenvalue weighted by Gasteiger charge is 2.43. The molecule has 3 aromatic rings. The molecule has 5 rings (SSSR count). The molecule has 0 bridgehead atoms. The van der Waals surface area contributed by atoms with Crippen LogP contribution in [0.5, 0.6) is 0 Å². The number of nitrogens with one attached hydrogen (secondary N) is 1. The molecule has 1 unspecified atom stereocenters. The summed E-state index contributed by atoms with van der Waals surface area (Å²) >= 11 is 9.36. The molecule has 248 valence electrons. The first-order valence-corrected chi connectivity index (χ1v) is 16.2. The van der Waals surface area contributed by atoms with Crippen molar-refractivity contribution in [1.29, 1.82) is 0 Å². The summed E-state index contributed by atoms with van der Waals surface area (Å²) in [5, 5.41) is 3.27. The zero-order chi connectivity index (χ0) is 31.6. The minimum atomic E-state index is -2.48. The molecule has 3 heterocycles. The SMILES string of the molecule is C.C.C[N+]1=C(C=CC=C2N(CCCCOS(=O)[O-])c3ccccc3C2(C)C)C(C)(C)c2cc(CNc3nc(Cl)nc(Cl)n3)ccc21. The number of allylic oxidation sites excluding steroid dienone is 4. The van der Waals surface area contributed by atoms with Gasteiger partial charge in [-0.15, -0.1) is 0 Å². The molecule has 9 nitrogen and oxygen atoms in total. The highest BCUT2D eigenvalue weighted by Crippen LogP contribution is 2.48. The summed E-state index contributed by atoms with van der Waals surface area (Å²) in [6.45, 7) is 10.4. The fourth-order valence-electron chi connectivity index (χ4n) is 6.19. The van der Waals surface area contributed by atoms with Crippen molar-refractivity contribution in [3.8, 4) is 0 Å². The molecule has 0 amide bonds. The zero-order valence-corrected chi connectivity index (χ0v) is 27.8. The van der Waals surface area contributed by atoms with Crippen molar-refractivity contribution >= 4 is 57.6 Å². The van der Waals surface area contributed by atoms with E-state index < -0.39 is 11.4 Å². The van der Waals surface area contributed by atoms with Crippen molar-refractivity contribution in [3.63, 3.8) is 0 Å². The summed E-state index contributed by atoms with van der Waals surface area (Å²) in [4.78, 5) is 14.3. The second kappa shape index (κ2) is 15.2. The molecule has 0 saturated carbocycles. The van der Waals surface area contributed by atoms with Crippen molar-refractivity contribution in [2.24, 2.45) is 0 Å². The molecule has 0 saturated heterocycles. The number of halogens is 2. The zero-order valence-electron chi connectivity index (χ0n) is 25.4. The largest absolute Gasteiger partial charge is 0.750 e. The minimum absolute atomic E-state index is 0. The minimum Gasteiger partial charge on any atom is -0.750 e. The van der Waals surface area contributed by atoms with E-state index >= 15 is 0 Å². The number of rotatable bonds is 11. The first-order valence-electron chi connectivity index (χ1n) is 14.4. The van der Waals surface area contributed by atoms with E-state index in [0.29, 0.717) is 18.9 Å². The number of aromatic nitrogens is 3. The van der Waals surface area contributed by atoms with Gasteiger partial charge in [0.2, 0.25) is 22.2 Å². The van der Waals surface area contributed by atoms with Crippen molar-refractivity contribution in [2.45, 2.75) is 72.8 Å². The molecular formula is C34H44Cl2N6O3S. The summed E-state index contributed by atoms with van der Waals surface area (Å²) in [5.74, 6) is 0.327. The van der Waals surface area contributed by atoms with Crippen LogP contribution in [0.15, 0.2) is 66.4 Å². The van der Waals surface area contributed by atoms with Gasteiger partial charge in [-0.2, -0.15) is 19.5 Å². The van der Waals surface area contributed by atoms with Crippen LogP contribution in [0.25, 0.3) is 0 Å². The summed E-state index contributed by atoms with van der Waals surface area (Å²) in [5.41, 5.74) is 7.91. The lowest BCUT2D eigenvalue weighted by atomic mass is 9.80. The number of hydrogen-bond acceptors (Lipinski definition) is 8. The maximum atomic E-state index is 10.7. The molecule has 0 spiro atoms. The Morgan fingerprint density at radius 2 is 1.70 bits per heavy atom. The normalized spacial score (nSPS) is 17.5. The van der Waals surface area contributed by atoms with E-state index in [-0.39, 0.29) is 42.9 Å². The molecule has 2 aromatic carbocycles. The standard InChI is InChI=1S/C32H36Cl2N6O3S.2CH4/c1-31(2)22-11-6-7-12-25(22)40(17-8-9-18-43-44(41)42)27(31)14-10-13-26-32(3,4)23-19-21(15-16-24(23)39(26)5)20-35-30-37-28(33)36-29(34)38-30;;/h6-7,10-16,19H,8-9,17-18,20H2,1-5H3,(H-,35,36,37,38,41,42);2*1H4. The fourth-order valence-corrected chi connectivity index (χ4v) is 6.81.